The first kappa shape index (κ1) is 20.9. The van der Waals surface area contributed by atoms with E-state index in [9.17, 15) is 22.8 Å². The van der Waals surface area contributed by atoms with Crippen molar-refractivity contribution in [1.29, 1.82) is 0 Å². The van der Waals surface area contributed by atoms with Crippen LogP contribution >= 0.6 is 0 Å². The average Bonchev–Trinajstić information content (AvgIpc) is 3.30. The lowest BCUT2D eigenvalue weighted by molar-refractivity contribution is -0.121. The number of para-hydroxylation sites is 1. The van der Waals surface area contributed by atoms with Crippen molar-refractivity contribution in [3.63, 3.8) is 0 Å². The largest absolute Gasteiger partial charge is 0.353 e. The number of rotatable bonds is 5. The molecule has 3 heterocycles. The summed E-state index contributed by atoms with van der Waals surface area (Å²) in [5.74, 6) is -0.404. The van der Waals surface area contributed by atoms with E-state index in [2.05, 4.69) is 5.32 Å². The number of carbonyl (C=O) groups is 1. The molecule has 1 aliphatic rings. The maximum absolute atomic E-state index is 12.8. The van der Waals surface area contributed by atoms with Crippen LogP contribution in [-0.4, -0.2) is 46.4 Å². The molecule has 1 aliphatic heterocycles. The van der Waals surface area contributed by atoms with Crippen LogP contribution in [-0.2, 0) is 35.5 Å². The highest BCUT2D eigenvalue weighted by molar-refractivity contribution is 7.93. The Kier molecular flexibility index (Phi) is 5.21. The molecule has 164 valence electrons. The second-order valence-corrected chi connectivity index (χ2v) is 9.69. The maximum Gasteiger partial charge on any atom is 0.332 e. The van der Waals surface area contributed by atoms with Crippen LogP contribution < -0.4 is 20.9 Å². The topological polar surface area (TPSA) is 115 Å². The average molecular weight is 446 g/mol. The van der Waals surface area contributed by atoms with Crippen molar-refractivity contribution in [2.45, 2.75) is 18.2 Å². The van der Waals surface area contributed by atoms with Crippen LogP contribution in [0.25, 0.3) is 11.0 Å². The third-order valence-corrected chi connectivity index (χ3v) is 7.88. The minimum atomic E-state index is -3.57. The first-order valence-corrected chi connectivity index (χ1v) is 11.3. The van der Waals surface area contributed by atoms with Crippen molar-refractivity contribution in [2.24, 2.45) is 14.1 Å². The highest BCUT2D eigenvalue weighted by Crippen LogP contribution is 2.28. The summed E-state index contributed by atoms with van der Waals surface area (Å²) >= 11 is 0. The zero-order chi connectivity index (χ0) is 22.3. The van der Waals surface area contributed by atoms with Crippen LogP contribution in [0.2, 0.25) is 0 Å². The number of amides is 1. The Bertz CT molecular complexity index is 1370. The molecule has 1 saturated heterocycles. The summed E-state index contributed by atoms with van der Waals surface area (Å²) in [6, 6.07) is 10.4. The monoisotopic (exact) mass is 445 g/mol. The first-order valence-electron chi connectivity index (χ1n) is 9.80. The Morgan fingerprint density at radius 2 is 1.81 bits per heavy atom. The molecule has 3 aromatic rings. The summed E-state index contributed by atoms with van der Waals surface area (Å²) in [5, 5.41) is 2.29. The Labute approximate surface area is 178 Å². The van der Waals surface area contributed by atoms with Crippen molar-refractivity contribution in [3.8, 4) is 0 Å². The summed E-state index contributed by atoms with van der Waals surface area (Å²) < 4.78 is 30.9. The van der Waals surface area contributed by atoms with Gasteiger partial charge in [0, 0.05) is 33.4 Å². The fraction of sp³-hybridized carbons (Fsp3) is 0.350. The van der Waals surface area contributed by atoms with Gasteiger partial charge in [-0.1, -0.05) is 18.2 Å². The number of carbonyl (C=O) groups excluding carboxylic acids is 1. The predicted molar refractivity (Wildman–Crippen MR) is 117 cm³/mol. The molecular formula is C20H23N5O5S. The van der Waals surface area contributed by atoms with Crippen LogP contribution in [0.5, 0.6) is 0 Å². The number of sulfonamides is 1. The number of hydrogen-bond acceptors (Lipinski definition) is 5. The van der Waals surface area contributed by atoms with Gasteiger partial charge in [-0.15, -0.1) is 0 Å². The van der Waals surface area contributed by atoms with Crippen molar-refractivity contribution >= 4 is 32.7 Å². The molecule has 11 heteroatoms. The minimum absolute atomic E-state index is 0.00953. The molecule has 31 heavy (non-hydrogen) atoms. The van der Waals surface area contributed by atoms with Crippen molar-refractivity contribution < 1.29 is 13.2 Å². The number of hydrogen-bond donors (Lipinski definition) is 1. The van der Waals surface area contributed by atoms with Gasteiger partial charge in [0.15, 0.2) is 0 Å². The van der Waals surface area contributed by atoms with Crippen LogP contribution in [0.3, 0.4) is 0 Å². The van der Waals surface area contributed by atoms with E-state index >= 15 is 0 Å². The van der Waals surface area contributed by atoms with E-state index in [-0.39, 0.29) is 13.1 Å². The number of aryl methyl sites for hydroxylation is 1. The Morgan fingerprint density at radius 1 is 1.10 bits per heavy atom. The van der Waals surface area contributed by atoms with Gasteiger partial charge >= 0.3 is 5.69 Å². The first-order chi connectivity index (χ1) is 14.7. The van der Waals surface area contributed by atoms with Gasteiger partial charge in [-0.25, -0.2) is 13.2 Å². The van der Waals surface area contributed by atoms with E-state index in [1.54, 1.807) is 36.5 Å². The third kappa shape index (κ3) is 3.54. The fourth-order valence-electron chi connectivity index (χ4n) is 3.95. The second-order valence-electron chi connectivity index (χ2n) is 7.55. The number of aromatic nitrogens is 3. The predicted octanol–water partition coefficient (Wildman–Crippen LogP) is -0.236. The molecule has 1 amide bonds. The number of fused-ring (bicyclic) bond motifs is 1. The minimum Gasteiger partial charge on any atom is -0.353 e. The summed E-state index contributed by atoms with van der Waals surface area (Å²) in [4.78, 5) is 37.0. The van der Waals surface area contributed by atoms with E-state index in [0.29, 0.717) is 29.7 Å². The number of nitrogens with zero attached hydrogens (tertiary/aromatic N) is 4. The third-order valence-electron chi connectivity index (χ3n) is 5.63. The maximum atomic E-state index is 12.8. The molecule has 1 atom stereocenters. The number of nitrogens with one attached hydrogen (secondary N) is 1. The van der Waals surface area contributed by atoms with E-state index in [0.717, 1.165) is 4.57 Å². The van der Waals surface area contributed by atoms with Gasteiger partial charge in [0.1, 0.15) is 12.2 Å². The molecule has 0 saturated carbocycles. The zero-order valence-electron chi connectivity index (χ0n) is 17.2. The molecule has 4 rings (SSSR count). The van der Waals surface area contributed by atoms with Crippen LogP contribution in [0.4, 0.5) is 5.69 Å². The lowest BCUT2D eigenvalue weighted by Gasteiger charge is -2.19. The number of benzene rings is 1. The van der Waals surface area contributed by atoms with Crippen LogP contribution in [0.15, 0.2) is 52.2 Å². The van der Waals surface area contributed by atoms with Gasteiger partial charge in [-0.2, -0.15) is 0 Å². The highest BCUT2D eigenvalue weighted by Gasteiger charge is 2.38. The van der Waals surface area contributed by atoms with Gasteiger partial charge in [0.05, 0.1) is 16.3 Å². The zero-order valence-corrected chi connectivity index (χ0v) is 18.0. The van der Waals surface area contributed by atoms with Crippen molar-refractivity contribution in [3.05, 3.63) is 63.4 Å². The Hall–Kier alpha value is -3.34. The van der Waals surface area contributed by atoms with Crippen LogP contribution in [0, 0.1) is 0 Å². The summed E-state index contributed by atoms with van der Waals surface area (Å²) in [7, 11) is -0.646. The molecule has 0 spiro atoms. The highest BCUT2D eigenvalue weighted by atomic mass is 32.2. The SMILES string of the molecule is Cn1c(=O)c2ccn(CC(=O)NCC3CCN(c4ccccc4)S3(=O)=O)c2n(C)c1=O. The summed E-state index contributed by atoms with van der Waals surface area (Å²) in [6.07, 6.45) is 1.98. The van der Waals surface area contributed by atoms with Gasteiger partial charge < -0.3 is 9.88 Å². The van der Waals surface area contributed by atoms with Crippen molar-refractivity contribution in [2.75, 3.05) is 17.4 Å². The molecule has 1 aromatic carbocycles. The fourth-order valence-corrected chi connectivity index (χ4v) is 5.78. The molecule has 1 fully saturated rings. The van der Waals surface area contributed by atoms with Gasteiger partial charge in [0.25, 0.3) is 5.56 Å². The van der Waals surface area contributed by atoms with Gasteiger partial charge in [-0.05, 0) is 24.6 Å². The molecular weight excluding hydrogens is 422 g/mol. The molecule has 1 unspecified atom stereocenters. The van der Waals surface area contributed by atoms with E-state index in [1.165, 1.54) is 27.5 Å². The normalized spacial score (nSPS) is 17.9. The quantitative estimate of drug-likeness (QED) is 0.582. The molecule has 1 N–H and O–H groups in total. The standard InChI is InChI=1S/C20H23N5O5S/c1-22-18-16(19(27)23(2)20(22)28)9-10-24(18)13-17(26)21-12-15-8-11-25(31(15,29)30)14-6-4-3-5-7-14/h3-7,9-10,15H,8,11-13H2,1-2H3,(H,21,26). The molecule has 0 radical (unpaired) electrons. The van der Waals surface area contributed by atoms with Crippen molar-refractivity contribution in [1.82, 2.24) is 19.0 Å². The van der Waals surface area contributed by atoms with E-state index in [1.807, 2.05) is 6.07 Å². The van der Waals surface area contributed by atoms with E-state index in [4.69, 9.17) is 0 Å². The van der Waals surface area contributed by atoms with E-state index < -0.39 is 32.4 Å². The Balaban J connectivity index is 1.47. The summed E-state index contributed by atoms with van der Waals surface area (Å²) in [6.45, 7) is 0.212. The Morgan fingerprint density at radius 3 is 2.52 bits per heavy atom. The molecule has 0 aliphatic carbocycles. The lowest BCUT2D eigenvalue weighted by atomic mass is 10.2. The molecule has 2 aromatic heterocycles. The van der Waals surface area contributed by atoms with Gasteiger partial charge in [-0.3, -0.25) is 23.0 Å². The summed E-state index contributed by atoms with van der Waals surface area (Å²) in [5.41, 5.74) is 0.0239. The second kappa shape index (κ2) is 7.73. The van der Waals surface area contributed by atoms with Gasteiger partial charge in [0.2, 0.25) is 15.9 Å². The number of anilines is 1. The molecule has 10 nitrogen and oxygen atoms in total. The molecule has 0 bridgehead atoms. The lowest BCUT2D eigenvalue weighted by Crippen LogP contribution is -2.39. The van der Waals surface area contributed by atoms with Crippen LogP contribution in [0.1, 0.15) is 6.42 Å². The smallest absolute Gasteiger partial charge is 0.332 e.